The summed E-state index contributed by atoms with van der Waals surface area (Å²) in [6, 6.07) is 13.7. The molecule has 2 aromatic heterocycles. The van der Waals surface area contributed by atoms with Gasteiger partial charge in [0, 0.05) is 12.3 Å². The van der Waals surface area contributed by atoms with Gasteiger partial charge in [0.1, 0.15) is 11.5 Å². The Morgan fingerprint density at radius 1 is 1.12 bits per heavy atom. The minimum atomic E-state index is 0.794. The molecular weight excluding hydrogens is 316 g/mol. The molecule has 3 rings (SSSR count). The summed E-state index contributed by atoms with van der Waals surface area (Å²) in [5.41, 5.74) is 0.931. The molecule has 4 heteroatoms. The molecule has 0 fully saturated rings. The fraction of sp³-hybridized carbons (Fsp3) is 0.250. The number of ether oxygens (including phenoxy) is 1. The minimum Gasteiger partial charge on any atom is -0.456 e. The molecule has 122 valence electrons. The van der Waals surface area contributed by atoms with Crippen LogP contribution >= 0.6 is 11.3 Å². The van der Waals surface area contributed by atoms with Crippen molar-refractivity contribution >= 4 is 21.6 Å². The molecule has 24 heavy (non-hydrogen) atoms. The van der Waals surface area contributed by atoms with Crippen LogP contribution in [0.1, 0.15) is 18.7 Å². The average Bonchev–Trinajstić information content (AvgIpc) is 3.04. The Balaban J connectivity index is 1.83. The Hall–Kier alpha value is -2.35. The number of aromatic nitrogens is 1. The number of pyridine rings is 1. The highest BCUT2D eigenvalue weighted by Gasteiger charge is 2.08. The Labute approximate surface area is 146 Å². The van der Waals surface area contributed by atoms with E-state index in [-0.39, 0.29) is 0 Å². The van der Waals surface area contributed by atoms with Crippen LogP contribution in [0.25, 0.3) is 10.2 Å². The summed E-state index contributed by atoms with van der Waals surface area (Å²) in [5, 5.41) is 0. The quantitative estimate of drug-likeness (QED) is 0.627. The molecule has 0 saturated carbocycles. The van der Waals surface area contributed by atoms with Gasteiger partial charge in [0.2, 0.25) is 0 Å². The topological polar surface area (TPSA) is 25.4 Å². The highest BCUT2D eigenvalue weighted by Crippen LogP contribution is 2.34. The lowest BCUT2D eigenvalue weighted by atomic mass is 10.3. The molecule has 0 atom stereocenters. The molecule has 0 aliphatic heterocycles. The number of fused-ring (bicyclic) bond motifs is 1. The van der Waals surface area contributed by atoms with Gasteiger partial charge in [0.25, 0.3) is 0 Å². The van der Waals surface area contributed by atoms with Gasteiger partial charge in [-0.1, -0.05) is 43.9 Å². The van der Waals surface area contributed by atoms with Crippen LogP contribution in [0.3, 0.4) is 0 Å². The monoisotopic (exact) mass is 336 g/mol. The van der Waals surface area contributed by atoms with Crippen molar-refractivity contribution in [1.82, 2.24) is 9.88 Å². The molecule has 2 heterocycles. The van der Waals surface area contributed by atoms with Gasteiger partial charge in [-0.15, -0.1) is 11.3 Å². The van der Waals surface area contributed by atoms with Crippen LogP contribution in [-0.4, -0.2) is 29.5 Å². The lowest BCUT2D eigenvalue weighted by Crippen LogP contribution is -2.22. The third-order valence-corrected chi connectivity index (χ3v) is 4.81. The molecule has 0 unspecified atom stereocenters. The fourth-order valence-electron chi connectivity index (χ4n) is 2.36. The van der Waals surface area contributed by atoms with Crippen LogP contribution in [-0.2, 0) is 0 Å². The van der Waals surface area contributed by atoms with Crippen LogP contribution < -0.4 is 4.74 Å². The molecule has 3 aromatic rings. The molecule has 0 aliphatic rings. The second kappa shape index (κ2) is 7.96. The number of hydrogen-bond acceptors (Lipinski definition) is 4. The van der Waals surface area contributed by atoms with Gasteiger partial charge in [-0.05, 0) is 31.3 Å². The van der Waals surface area contributed by atoms with Crippen LogP contribution in [0.2, 0.25) is 0 Å². The zero-order valence-electron chi connectivity index (χ0n) is 14.0. The summed E-state index contributed by atoms with van der Waals surface area (Å²) in [6.07, 6.45) is 1.78. The summed E-state index contributed by atoms with van der Waals surface area (Å²) in [7, 11) is 0. The molecule has 0 spiro atoms. The van der Waals surface area contributed by atoms with Crippen LogP contribution in [0.15, 0.2) is 48.7 Å². The maximum atomic E-state index is 6.00. The Morgan fingerprint density at radius 3 is 2.67 bits per heavy atom. The number of thiophene rings is 1. The van der Waals surface area contributed by atoms with Crippen molar-refractivity contribution in [2.75, 3.05) is 19.6 Å². The van der Waals surface area contributed by atoms with Gasteiger partial charge in [0.15, 0.2) is 0 Å². The van der Waals surface area contributed by atoms with E-state index in [1.165, 1.54) is 0 Å². The zero-order valence-corrected chi connectivity index (χ0v) is 14.8. The van der Waals surface area contributed by atoms with Gasteiger partial charge in [-0.3, -0.25) is 9.88 Å². The summed E-state index contributed by atoms with van der Waals surface area (Å²) >= 11 is 1.63. The van der Waals surface area contributed by atoms with Crippen LogP contribution in [0, 0.1) is 11.8 Å². The molecule has 0 amide bonds. The molecule has 0 aliphatic carbocycles. The molecule has 0 N–H and O–H groups in total. The van der Waals surface area contributed by atoms with E-state index >= 15 is 0 Å². The summed E-state index contributed by atoms with van der Waals surface area (Å²) in [5.74, 6) is 8.16. The Kier molecular flexibility index (Phi) is 5.47. The smallest absolute Gasteiger partial charge is 0.148 e. The molecule has 3 nitrogen and oxygen atoms in total. The number of rotatable bonds is 5. The third kappa shape index (κ3) is 3.94. The van der Waals surface area contributed by atoms with Crippen molar-refractivity contribution in [2.24, 2.45) is 0 Å². The van der Waals surface area contributed by atoms with E-state index in [1.54, 1.807) is 17.5 Å². The number of nitrogens with zero attached hydrogens (tertiary/aromatic N) is 2. The van der Waals surface area contributed by atoms with Gasteiger partial charge in [-0.25, -0.2) is 0 Å². The minimum absolute atomic E-state index is 0.794. The van der Waals surface area contributed by atoms with Crippen LogP contribution in [0.5, 0.6) is 11.5 Å². The lowest BCUT2D eigenvalue weighted by Gasteiger charge is -2.12. The standard InChI is InChI=1S/C20H20N2OS/c1-3-22(4-2)14-8-11-17-15-18-20(24-17)19(12-13-21-18)23-16-9-6-5-7-10-16/h5-7,9-10,12-13,15H,3-4,14H2,1-2H3. The first-order valence-corrected chi connectivity index (χ1v) is 8.94. The van der Waals surface area contributed by atoms with E-state index in [0.717, 1.165) is 46.2 Å². The number of benzene rings is 1. The second-order valence-corrected chi connectivity index (χ2v) is 6.36. The number of para-hydroxylation sites is 1. The average molecular weight is 336 g/mol. The molecule has 0 radical (unpaired) electrons. The second-order valence-electron chi connectivity index (χ2n) is 5.31. The summed E-state index contributed by atoms with van der Waals surface area (Å²) in [4.78, 5) is 7.75. The van der Waals surface area contributed by atoms with Crippen molar-refractivity contribution < 1.29 is 4.74 Å². The predicted molar refractivity (Wildman–Crippen MR) is 101 cm³/mol. The third-order valence-electron chi connectivity index (χ3n) is 3.76. The maximum Gasteiger partial charge on any atom is 0.148 e. The maximum absolute atomic E-state index is 6.00. The van der Waals surface area contributed by atoms with Gasteiger partial charge < -0.3 is 4.74 Å². The normalized spacial score (nSPS) is 10.6. The first-order chi connectivity index (χ1) is 11.8. The largest absolute Gasteiger partial charge is 0.456 e. The van der Waals surface area contributed by atoms with Crippen molar-refractivity contribution in [2.45, 2.75) is 13.8 Å². The predicted octanol–water partition coefficient (Wildman–Crippen LogP) is 4.78. The van der Waals surface area contributed by atoms with Crippen LogP contribution in [0.4, 0.5) is 0 Å². The van der Waals surface area contributed by atoms with Crippen molar-refractivity contribution in [3.8, 4) is 23.3 Å². The molecule has 0 saturated heterocycles. The van der Waals surface area contributed by atoms with E-state index in [1.807, 2.05) is 42.5 Å². The zero-order chi connectivity index (χ0) is 16.8. The van der Waals surface area contributed by atoms with E-state index in [2.05, 4.69) is 35.6 Å². The van der Waals surface area contributed by atoms with Crippen molar-refractivity contribution in [3.63, 3.8) is 0 Å². The fourth-order valence-corrected chi connectivity index (χ4v) is 3.30. The van der Waals surface area contributed by atoms with Gasteiger partial charge in [0.05, 0.1) is 21.6 Å². The molecule has 0 bridgehead atoms. The first-order valence-electron chi connectivity index (χ1n) is 8.12. The first kappa shape index (κ1) is 16.5. The van der Waals surface area contributed by atoms with E-state index in [4.69, 9.17) is 4.74 Å². The van der Waals surface area contributed by atoms with E-state index in [0.29, 0.717) is 0 Å². The lowest BCUT2D eigenvalue weighted by molar-refractivity contribution is 0.342. The molecular formula is C20H20N2OS. The van der Waals surface area contributed by atoms with Gasteiger partial charge >= 0.3 is 0 Å². The SMILES string of the molecule is CCN(CC)CC#Cc1cc2nccc(Oc3ccccc3)c2s1. The van der Waals surface area contributed by atoms with Crippen molar-refractivity contribution in [1.29, 1.82) is 0 Å². The molecule has 1 aromatic carbocycles. The highest BCUT2D eigenvalue weighted by molar-refractivity contribution is 7.19. The highest BCUT2D eigenvalue weighted by atomic mass is 32.1. The Morgan fingerprint density at radius 2 is 1.92 bits per heavy atom. The van der Waals surface area contributed by atoms with Crippen molar-refractivity contribution in [3.05, 3.63) is 53.5 Å². The number of hydrogen-bond donors (Lipinski definition) is 0. The van der Waals surface area contributed by atoms with E-state index < -0.39 is 0 Å². The van der Waals surface area contributed by atoms with E-state index in [9.17, 15) is 0 Å². The van der Waals surface area contributed by atoms with Gasteiger partial charge in [-0.2, -0.15) is 0 Å². The Bertz CT molecular complexity index is 857. The summed E-state index contributed by atoms with van der Waals surface area (Å²) in [6.45, 7) is 7.15. The summed E-state index contributed by atoms with van der Waals surface area (Å²) < 4.78 is 7.03.